The topological polar surface area (TPSA) is 93.1 Å². The quantitative estimate of drug-likeness (QED) is 0.708. The van der Waals surface area contributed by atoms with Gasteiger partial charge in [-0.3, -0.25) is 9.52 Å². The van der Waals surface area contributed by atoms with Crippen LogP contribution >= 0.6 is 0 Å². The lowest BCUT2D eigenvalue weighted by atomic mass is 10.2. The molecule has 130 valence electrons. The minimum Gasteiger partial charge on any atom is -0.330 e. The standard InChI is InChI=1S/C17H18N4O3S/c1-25(23,24)20-14-7-3-2-6-13(14)19-17(22)10-11-21-12-18-15-8-4-5-9-16(15)21/h2-9,12,20H,10-11H2,1H3,(H,19,22). The van der Waals surface area contributed by atoms with Gasteiger partial charge in [-0.25, -0.2) is 13.4 Å². The molecule has 0 aliphatic heterocycles. The number of amides is 1. The number of aromatic nitrogens is 2. The number of benzene rings is 2. The average molecular weight is 358 g/mol. The highest BCUT2D eigenvalue weighted by atomic mass is 32.2. The van der Waals surface area contributed by atoms with E-state index in [1.807, 2.05) is 28.8 Å². The van der Waals surface area contributed by atoms with Crippen LogP contribution in [-0.2, 0) is 21.4 Å². The molecule has 0 fully saturated rings. The summed E-state index contributed by atoms with van der Waals surface area (Å²) in [5.41, 5.74) is 2.61. The molecule has 0 aliphatic carbocycles. The highest BCUT2D eigenvalue weighted by Crippen LogP contribution is 2.22. The molecule has 1 heterocycles. The van der Waals surface area contributed by atoms with E-state index in [-0.39, 0.29) is 12.3 Å². The number of para-hydroxylation sites is 4. The summed E-state index contributed by atoms with van der Waals surface area (Å²) in [5.74, 6) is -0.208. The molecule has 1 aromatic heterocycles. The summed E-state index contributed by atoms with van der Waals surface area (Å²) in [6, 6.07) is 14.4. The van der Waals surface area contributed by atoms with E-state index in [2.05, 4.69) is 15.0 Å². The Morgan fingerprint density at radius 3 is 2.52 bits per heavy atom. The summed E-state index contributed by atoms with van der Waals surface area (Å²) in [5, 5.41) is 2.74. The van der Waals surface area contributed by atoms with Crippen molar-refractivity contribution in [3.63, 3.8) is 0 Å². The monoisotopic (exact) mass is 358 g/mol. The molecule has 0 atom stereocenters. The first kappa shape index (κ1) is 17.0. The van der Waals surface area contributed by atoms with E-state index in [9.17, 15) is 13.2 Å². The van der Waals surface area contributed by atoms with Gasteiger partial charge in [0, 0.05) is 13.0 Å². The van der Waals surface area contributed by atoms with E-state index < -0.39 is 10.0 Å². The van der Waals surface area contributed by atoms with Crippen LogP contribution in [0.5, 0.6) is 0 Å². The molecule has 0 saturated carbocycles. The van der Waals surface area contributed by atoms with Gasteiger partial charge in [0.2, 0.25) is 15.9 Å². The van der Waals surface area contributed by atoms with E-state index in [1.165, 1.54) is 0 Å². The maximum Gasteiger partial charge on any atom is 0.229 e. The Bertz CT molecular complexity index is 1010. The fourth-order valence-corrected chi connectivity index (χ4v) is 3.08. The minimum absolute atomic E-state index is 0.208. The van der Waals surface area contributed by atoms with Crippen molar-refractivity contribution < 1.29 is 13.2 Å². The molecule has 0 unspecified atom stereocenters. The van der Waals surface area contributed by atoms with Crippen LogP contribution in [0.2, 0.25) is 0 Å². The van der Waals surface area contributed by atoms with Gasteiger partial charge in [0.05, 0.1) is 35.0 Å². The number of hydrogen-bond acceptors (Lipinski definition) is 4. The van der Waals surface area contributed by atoms with Crippen molar-refractivity contribution in [2.24, 2.45) is 0 Å². The maximum atomic E-state index is 12.2. The SMILES string of the molecule is CS(=O)(=O)Nc1ccccc1NC(=O)CCn1cnc2ccccc21. The number of nitrogens with one attached hydrogen (secondary N) is 2. The van der Waals surface area contributed by atoms with Gasteiger partial charge in [0.25, 0.3) is 0 Å². The van der Waals surface area contributed by atoms with Crippen molar-refractivity contribution in [1.82, 2.24) is 9.55 Å². The van der Waals surface area contributed by atoms with Crippen molar-refractivity contribution >= 4 is 38.3 Å². The zero-order valence-electron chi connectivity index (χ0n) is 13.6. The predicted molar refractivity (Wildman–Crippen MR) is 97.9 cm³/mol. The normalized spacial score (nSPS) is 11.4. The second-order valence-corrected chi connectivity index (χ2v) is 7.39. The lowest BCUT2D eigenvalue weighted by Gasteiger charge is -2.12. The number of fused-ring (bicyclic) bond motifs is 1. The summed E-state index contributed by atoms with van der Waals surface area (Å²) < 4.78 is 27.1. The maximum absolute atomic E-state index is 12.2. The van der Waals surface area contributed by atoms with Crippen LogP contribution in [0.15, 0.2) is 54.9 Å². The van der Waals surface area contributed by atoms with Gasteiger partial charge in [-0.15, -0.1) is 0 Å². The van der Waals surface area contributed by atoms with Crippen LogP contribution in [0.4, 0.5) is 11.4 Å². The predicted octanol–water partition coefficient (Wildman–Crippen LogP) is 2.44. The molecule has 2 aromatic carbocycles. The highest BCUT2D eigenvalue weighted by molar-refractivity contribution is 7.92. The Morgan fingerprint density at radius 2 is 1.76 bits per heavy atom. The fourth-order valence-electron chi connectivity index (χ4n) is 2.50. The Kier molecular flexibility index (Phi) is 4.71. The van der Waals surface area contributed by atoms with Crippen molar-refractivity contribution in [2.45, 2.75) is 13.0 Å². The number of aryl methyl sites for hydroxylation is 1. The van der Waals surface area contributed by atoms with E-state index in [0.29, 0.717) is 17.9 Å². The molecule has 2 N–H and O–H groups in total. The fraction of sp³-hybridized carbons (Fsp3) is 0.176. The zero-order chi connectivity index (χ0) is 17.9. The molecule has 25 heavy (non-hydrogen) atoms. The zero-order valence-corrected chi connectivity index (χ0v) is 14.5. The third-order valence-corrected chi connectivity index (χ3v) is 4.19. The van der Waals surface area contributed by atoms with Crippen LogP contribution in [0.25, 0.3) is 11.0 Å². The van der Waals surface area contributed by atoms with Crippen LogP contribution in [-0.4, -0.2) is 30.1 Å². The second kappa shape index (κ2) is 6.94. The number of rotatable bonds is 6. The molecular formula is C17H18N4O3S. The van der Waals surface area contributed by atoms with Gasteiger partial charge in [-0.05, 0) is 24.3 Å². The number of imidazole rings is 1. The first-order valence-corrected chi connectivity index (χ1v) is 9.58. The summed E-state index contributed by atoms with van der Waals surface area (Å²) in [6.07, 6.45) is 3.01. The van der Waals surface area contributed by atoms with E-state index in [4.69, 9.17) is 0 Å². The van der Waals surface area contributed by atoms with Crippen molar-refractivity contribution in [2.75, 3.05) is 16.3 Å². The summed E-state index contributed by atoms with van der Waals surface area (Å²) in [7, 11) is -3.42. The molecule has 7 nitrogen and oxygen atoms in total. The Hall–Kier alpha value is -2.87. The largest absolute Gasteiger partial charge is 0.330 e. The number of sulfonamides is 1. The van der Waals surface area contributed by atoms with Crippen molar-refractivity contribution in [3.8, 4) is 0 Å². The number of carbonyl (C=O) groups excluding carboxylic acids is 1. The molecule has 1 amide bonds. The number of carbonyl (C=O) groups is 1. The van der Waals surface area contributed by atoms with Gasteiger partial charge in [0.1, 0.15) is 0 Å². The lowest BCUT2D eigenvalue weighted by molar-refractivity contribution is -0.116. The highest BCUT2D eigenvalue weighted by Gasteiger charge is 2.10. The van der Waals surface area contributed by atoms with Gasteiger partial charge in [-0.2, -0.15) is 0 Å². The third-order valence-electron chi connectivity index (χ3n) is 3.60. The molecule has 0 bridgehead atoms. The van der Waals surface area contributed by atoms with E-state index in [1.54, 1.807) is 30.6 Å². The van der Waals surface area contributed by atoms with Gasteiger partial charge < -0.3 is 9.88 Å². The Balaban J connectivity index is 1.67. The van der Waals surface area contributed by atoms with Crippen LogP contribution in [0.1, 0.15) is 6.42 Å². The van der Waals surface area contributed by atoms with Gasteiger partial charge in [-0.1, -0.05) is 24.3 Å². The van der Waals surface area contributed by atoms with Crippen LogP contribution < -0.4 is 10.0 Å². The minimum atomic E-state index is -3.42. The smallest absolute Gasteiger partial charge is 0.229 e. The molecule has 0 aliphatic rings. The Morgan fingerprint density at radius 1 is 1.08 bits per heavy atom. The molecule has 8 heteroatoms. The average Bonchev–Trinajstić information content (AvgIpc) is 2.97. The first-order chi connectivity index (χ1) is 11.9. The molecule has 0 saturated heterocycles. The molecule has 3 aromatic rings. The first-order valence-electron chi connectivity index (χ1n) is 7.69. The number of nitrogens with zero attached hydrogens (tertiary/aromatic N) is 2. The number of anilines is 2. The second-order valence-electron chi connectivity index (χ2n) is 5.64. The molecule has 0 radical (unpaired) electrons. The van der Waals surface area contributed by atoms with Gasteiger partial charge in [0.15, 0.2) is 0 Å². The van der Waals surface area contributed by atoms with Crippen molar-refractivity contribution in [3.05, 3.63) is 54.9 Å². The van der Waals surface area contributed by atoms with E-state index in [0.717, 1.165) is 17.3 Å². The summed E-state index contributed by atoms with van der Waals surface area (Å²) in [4.78, 5) is 16.5. The lowest BCUT2D eigenvalue weighted by Crippen LogP contribution is -2.17. The molecular weight excluding hydrogens is 340 g/mol. The Labute approximate surface area is 145 Å². The summed E-state index contributed by atoms with van der Waals surface area (Å²) in [6.45, 7) is 0.480. The van der Waals surface area contributed by atoms with E-state index >= 15 is 0 Å². The van der Waals surface area contributed by atoms with Crippen LogP contribution in [0, 0.1) is 0 Å². The van der Waals surface area contributed by atoms with Crippen LogP contribution in [0.3, 0.4) is 0 Å². The molecule has 3 rings (SSSR count). The summed E-state index contributed by atoms with van der Waals surface area (Å²) >= 11 is 0. The number of hydrogen-bond donors (Lipinski definition) is 2. The van der Waals surface area contributed by atoms with Crippen molar-refractivity contribution in [1.29, 1.82) is 0 Å². The third kappa shape index (κ3) is 4.36. The molecule has 0 spiro atoms. The van der Waals surface area contributed by atoms with Gasteiger partial charge >= 0.3 is 0 Å².